The lowest BCUT2D eigenvalue weighted by molar-refractivity contribution is -0.148. The minimum atomic E-state index is -0.111. The fourth-order valence-electron chi connectivity index (χ4n) is 4.34. The predicted octanol–water partition coefficient (Wildman–Crippen LogP) is 3.30. The topological polar surface area (TPSA) is 64.4 Å². The summed E-state index contributed by atoms with van der Waals surface area (Å²) in [5, 5.41) is 0.812. The van der Waals surface area contributed by atoms with Crippen LogP contribution in [0.2, 0.25) is 0 Å². The third kappa shape index (κ3) is 3.36. The van der Waals surface area contributed by atoms with Crippen molar-refractivity contribution in [3.63, 3.8) is 0 Å². The van der Waals surface area contributed by atoms with Crippen molar-refractivity contribution in [2.45, 2.75) is 52.0 Å². The van der Waals surface area contributed by atoms with Gasteiger partial charge in [0.2, 0.25) is 5.95 Å². The number of rotatable bonds is 5. The number of esters is 1. The van der Waals surface area contributed by atoms with Gasteiger partial charge in [-0.05, 0) is 51.0 Å². The third-order valence-corrected chi connectivity index (χ3v) is 6.95. The number of carbonyl (C=O) groups is 1. The monoisotopic (exact) mass is 401 g/mol. The number of aromatic nitrogens is 2. The Morgan fingerprint density at radius 2 is 2.07 bits per heavy atom. The SMILES string of the molecule is C=CCn1c(N2CCC(C(=O)OCC)CC2)nc2sc3c(c2c1=O)CCCC3. The van der Waals surface area contributed by atoms with Gasteiger partial charge in [0.1, 0.15) is 4.83 Å². The van der Waals surface area contributed by atoms with Crippen LogP contribution in [0.5, 0.6) is 0 Å². The first kappa shape index (κ1) is 19.2. The number of piperidine rings is 1. The van der Waals surface area contributed by atoms with Crippen molar-refractivity contribution in [1.82, 2.24) is 9.55 Å². The maximum atomic E-state index is 13.4. The standard InChI is InChI=1S/C21H27N3O3S/c1-3-11-24-19(25)17-15-7-5-6-8-16(15)28-18(17)22-21(24)23-12-9-14(10-13-23)20(26)27-4-2/h3,14H,1,4-13H2,2H3. The van der Waals surface area contributed by atoms with E-state index in [1.54, 1.807) is 22.0 Å². The number of hydrogen-bond acceptors (Lipinski definition) is 6. The number of nitrogens with zero attached hydrogens (tertiary/aromatic N) is 3. The minimum Gasteiger partial charge on any atom is -0.466 e. The van der Waals surface area contributed by atoms with Crippen molar-refractivity contribution in [3.8, 4) is 0 Å². The van der Waals surface area contributed by atoms with Gasteiger partial charge in [-0.15, -0.1) is 17.9 Å². The second-order valence-electron chi connectivity index (χ2n) is 7.52. The van der Waals surface area contributed by atoms with Crippen LogP contribution in [0.3, 0.4) is 0 Å². The van der Waals surface area contributed by atoms with Crippen LogP contribution >= 0.6 is 11.3 Å². The van der Waals surface area contributed by atoms with Crippen LogP contribution in [0.4, 0.5) is 5.95 Å². The highest BCUT2D eigenvalue weighted by atomic mass is 32.1. The van der Waals surface area contributed by atoms with E-state index in [1.807, 2.05) is 6.92 Å². The fourth-order valence-corrected chi connectivity index (χ4v) is 5.59. The van der Waals surface area contributed by atoms with Gasteiger partial charge in [0, 0.05) is 24.5 Å². The maximum absolute atomic E-state index is 13.4. The Labute approximate surface area is 168 Å². The van der Waals surface area contributed by atoms with Gasteiger partial charge in [0.25, 0.3) is 5.56 Å². The second kappa shape index (κ2) is 8.07. The zero-order chi connectivity index (χ0) is 19.7. The molecule has 28 heavy (non-hydrogen) atoms. The molecule has 4 rings (SSSR count). The molecule has 0 amide bonds. The molecule has 2 aliphatic rings. The lowest BCUT2D eigenvalue weighted by Gasteiger charge is -2.32. The lowest BCUT2D eigenvalue weighted by Crippen LogP contribution is -2.40. The molecule has 1 saturated heterocycles. The van der Waals surface area contributed by atoms with Gasteiger partial charge in [-0.3, -0.25) is 14.2 Å². The summed E-state index contributed by atoms with van der Waals surface area (Å²) in [5.74, 6) is 0.534. The number of aryl methyl sites for hydroxylation is 2. The summed E-state index contributed by atoms with van der Waals surface area (Å²) >= 11 is 1.68. The molecule has 1 aliphatic carbocycles. The summed E-state index contributed by atoms with van der Waals surface area (Å²) in [6, 6.07) is 0. The van der Waals surface area contributed by atoms with Gasteiger partial charge in [-0.1, -0.05) is 6.08 Å². The molecule has 0 aromatic carbocycles. The highest BCUT2D eigenvalue weighted by molar-refractivity contribution is 7.18. The average molecular weight is 402 g/mol. The molecule has 150 valence electrons. The van der Waals surface area contributed by atoms with E-state index in [2.05, 4.69) is 11.5 Å². The molecule has 0 bridgehead atoms. The van der Waals surface area contributed by atoms with E-state index in [4.69, 9.17) is 9.72 Å². The maximum Gasteiger partial charge on any atom is 0.309 e. The number of carbonyl (C=O) groups excluding carboxylic acids is 1. The largest absolute Gasteiger partial charge is 0.466 e. The summed E-state index contributed by atoms with van der Waals surface area (Å²) in [5.41, 5.74) is 1.26. The molecule has 0 atom stereocenters. The highest BCUT2D eigenvalue weighted by Crippen LogP contribution is 2.35. The van der Waals surface area contributed by atoms with Crippen LogP contribution in [0.25, 0.3) is 10.2 Å². The molecule has 1 fully saturated rings. The molecule has 0 saturated carbocycles. The normalized spacial score (nSPS) is 17.5. The minimum absolute atomic E-state index is 0.0480. The van der Waals surface area contributed by atoms with Crippen LogP contribution in [0, 0.1) is 5.92 Å². The van der Waals surface area contributed by atoms with Crippen LogP contribution in [0.15, 0.2) is 17.4 Å². The number of anilines is 1. The Balaban J connectivity index is 1.69. The lowest BCUT2D eigenvalue weighted by atomic mass is 9.97. The van der Waals surface area contributed by atoms with Crippen molar-refractivity contribution < 1.29 is 9.53 Å². The van der Waals surface area contributed by atoms with Crippen LogP contribution < -0.4 is 10.5 Å². The zero-order valence-electron chi connectivity index (χ0n) is 16.4. The number of ether oxygens (including phenoxy) is 1. The van der Waals surface area contributed by atoms with Gasteiger partial charge in [0.05, 0.1) is 17.9 Å². The molecule has 3 heterocycles. The van der Waals surface area contributed by atoms with Gasteiger partial charge in [-0.25, -0.2) is 4.98 Å². The van der Waals surface area contributed by atoms with E-state index in [9.17, 15) is 9.59 Å². The predicted molar refractivity (Wildman–Crippen MR) is 112 cm³/mol. The molecule has 0 radical (unpaired) electrons. The number of allylic oxidation sites excluding steroid dienone is 1. The molecule has 2 aromatic heterocycles. The fraction of sp³-hybridized carbons (Fsp3) is 0.571. The molecule has 7 heteroatoms. The highest BCUT2D eigenvalue weighted by Gasteiger charge is 2.29. The van der Waals surface area contributed by atoms with E-state index in [1.165, 1.54) is 16.9 Å². The van der Waals surface area contributed by atoms with Gasteiger partial charge in [0.15, 0.2) is 0 Å². The number of fused-ring (bicyclic) bond motifs is 3. The Kier molecular flexibility index (Phi) is 5.53. The number of thiophene rings is 1. The van der Waals surface area contributed by atoms with E-state index >= 15 is 0 Å². The van der Waals surface area contributed by atoms with Crippen molar-refractivity contribution in [3.05, 3.63) is 33.4 Å². The summed E-state index contributed by atoms with van der Waals surface area (Å²) in [7, 11) is 0. The molecule has 0 spiro atoms. The second-order valence-corrected chi connectivity index (χ2v) is 8.60. The smallest absolute Gasteiger partial charge is 0.309 e. The molecule has 2 aromatic rings. The van der Waals surface area contributed by atoms with E-state index in [0.717, 1.165) is 42.3 Å². The first-order valence-corrected chi connectivity index (χ1v) is 11.0. The third-order valence-electron chi connectivity index (χ3n) is 5.76. The molecule has 6 nitrogen and oxygen atoms in total. The zero-order valence-corrected chi connectivity index (χ0v) is 17.2. The van der Waals surface area contributed by atoms with Crippen molar-refractivity contribution in [2.75, 3.05) is 24.6 Å². The summed E-state index contributed by atoms with van der Waals surface area (Å²) in [4.78, 5) is 34.6. The quantitative estimate of drug-likeness (QED) is 0.568. The van der Waals surface area contributed by atoms with Gasteiger partial charge in [-0.2, -0.15) is 0 Å². The molecule has 0 N–H and O–H groups in total. The van der Waals surface area contributed by atoms with Gasteiger partial charge >= 0.3 is 5.97 Å². The Hall–Kier alpha value is -2.15. The Morgan fingerprint density at radius 1 is 1.32 bits per heavy atom. The Bertz CT molecular complexity index is 954. The van der Waals surface area contributed by atoms with Gasteiger partial charge < -0.3 is 9.64 Å². The molecular formula is C21H27N3O3S. The Morgan fingerprint density at radius 3 is 2.79 bits per heavy atom. The summed E-state index contributed by atoms with van der Waals surface area (Å²) in [6.07, 6.45) is 7.56. The first-order chi connectivity index (χ1) is 13.6. The van der Waals surface area contributed by atoms with E-state index in [0.29, 0.717) is 32.2 Å². The van der Waals surface area contributed by atoms with Crippen molar-refractivity contribution in [2.24, 2.45) is 5.92 Å². The van der Waals surface area contributed by atoms with Crippen LogP contribution in [-0.4, -0.2) is 35.2 Å². The number of hydrogen-bond donors (Lipinski definition) is 0. The van der Waals surface area contributed by atoms with Crippen LogP contribution in [0.1, 0.15) is 43.0 Å². The first-order valence-electron chi connectivity index (χ1n) is 10.2. The summed E-state index contributed by atoms with van der Waals surface area (Å²) < 4.78 is 6.92. The van der Waals surface area contributed by atoms with Crippen molar-refractivity contribution in [1.29, 1.82) is 0 Å². The molecule has 1 aliphatic heterocycles. The molecular weight excluding hydrogens is 374 g/mol. The van der Waals surface area contributed by atoms with E-state index in [-0.39, 0.29) is 17.4 Å². The average Bonchev–Trinajstić information content (AvgIpc) is 3.09. The van der Waals surface area contributed by atoms with Crippen molar-refractivity contribution >= 4 is 33.5 Å². The van der Waals surface area contributed by atoms with Crippen LogP contribution in [-0.2, 0) is 28.9 Å². The van der Waals surface area contributed by atoms with E-state index < -0.39 is 0 Å². The molecule has 0 unspecified atom stereocenters. The summed E-state index contributed by atoms with van der Waals surface area (Å²) in [6.45, 7) is 7.92.